The highest BCUT2D eigenvalue weighted by Crippen LogP contribution is 2.39. The average Bonchev–Trinajstić information content (AvgIpc) is 2.66. The Morgan fingerprint density at radius 2 is 1.97 bits per heavy atom. The van der Waals surface area contributed by atoms with Gasteiger partial charge in [-0.05, 0) is 39.2 Å². The number of piperazine rings is 1. The number of para-hydroxylation sites is 1. The topological polar surface area (TPSA) is 99.1 Å². The van der Waals surface area contributed by atoms with Gasteiger partial charge >= 0.3 is 5.97 Å². The van der Waals surface area contributed by atoms with Gasteiger partial charge < -0.3 is 25.2 Å². The SMILES string of the molecule is CC(C)C[C@H](C(=O)N1CCNC[C@@]1(C)c1cccc(F)c1OC(C)C)[C@H](O)C(=O)O. The Balaban J connectivity index is 2.52. The monoisotopic (exact) mass is 424 g/mol. The number of rotatable bonds is 8. The van der Waals surface area contributed by atoms with Crippen LogP contribution in [-0.2, 0) is 15.1 Å². The van der Waals surface area contributed by atoms with Gasteiger partial charge in [0.25, 0.3) is 0 Å². The number of aliphatic carboxylic acids is 1. The van der Waals surface area contributed by atoms with Crippen LogP contribution in [0.4, 0.5) is 4.39 Å². The lowest BCUT2D eigenvalue weighted by atomic mass is 9.83. The maximum absolute atomic E-state index is 14.7. The summed E-state index contributed by atoms with van der Waals surface area (Å²) in [5, 5.41) is 22.8. The molecule has 2 rings (SSSR count). The number of nitrogens with zero attached hydrogens (tertiary/aromatic N) is 1. The van der Waals surface area contributed by atoms with Crippen LogP contribution in [0.2, 0.25) is 0 Å². The molecule has 3 atom stereocenters. The van der Waals surface area contributed by atoms with Gasteiger partial charge in [0.2, 0.25) is 5.91 Å². The molecule has 1 aliphatic rings. The van der Waals surface area contributed by atoms with Crippen molar-refractivity contribution in [1.82, 2.24) is 10.2 Å². The number of benzene rings is 1. The number of amides is 1. The van der Waals surface area contributed by atoms with Crippen molar-refractivity contribution in [2.75, 3.05) is 19.6 Å². The van der Waals surface area contributed by atoms with Crippen molar-refractivity contribution >= 4 is 11.9 Å². The fourth-order valence-corrected chi connectivity index (χ4v) is 3.99. The minimum atomic E-state index is -1.81. The Hall–Kier alpha value is -2.19. The average molecular weight is 425 g/mol. The normalized spacial score (nSPS) is 21.6. The molecular weight excluding hydrogens is 391 g/mol. The Labute approximate surface area is 177 Å². The minimum absolute atomic E-state index is 0.0103. The molecule has 3 N–H and O–H groups in total. The summed E-state index contributed by atoms with van der Waals surface area (Å²) in [5.74, 6) is -3.41. The maximum atomic E-state index is 14.7. The summed E-state index contributed by atoms with van der Waals surface area (Å²) >= 11 is 0. The molecular formula is C22H33FN2O5. The van der Waals surface area contributed by atoms with Crippen LogP contribution in [0.5, 0.6) is 5.75 Å². The summed E-state index contributed by atoms with van der Waals surface area (Å²) < 4.78 is 20.4. The van der Waals surface area contributed by atoms with Gasteiger partial charge in [-0.1, -0.05) is 26.0 Å². The summed E-state index contributed by atoms with van der Waals surface area (Å²) in [5.41, 5.74) is -0.473. The standard InChI is InChI=1S/C22H33FN2O5/c1-13(2)11-15(18(26)21(28)29)20(27)25-10-9-24-12-22(25,5)16-7-6-8-17(23)19(16)30-14(3)4/h6-8,13-15,18,24,26H,9-12H2,1-5H3,(H,28,29)/t15-,18-,22-/m0/s1. The number of aliphatic hydroxyl groups is 1. The Morgan fingerprint density at radius 3 is 2.53 bits per heavy atom. The molecule has 0 saturated carbocycles. The number of aliphatic hydroxyl groups excluding tert-OH is 1. The quantitative estimate of drug-likeness (QED) is 0.593. The van der Waals surface area contributed by atoms with E-state index < -0.39 is 35.3 Å². The van der Waals surface area contributed by atoms with Gasteiger partial charge in [0.15, 0.2) is 17.7 Å². The molecule has 0 bridgehead atoms. The lowest BCUT2D eigenvalue weighted by Crippen LogP contribution is -2.62. The van der Waals surface area contributed by atoms with E-state index in [1.54, 1.807) is 37.8 Å². The van der Waals surface area contributed by atoms with E-state index in [1.165, 1.54) is 6.07 Å². The van der Waals surface area contributed by atoms with Gasteiger partial charge in [0.1, 0.15) is 0 Å². The van der Waals surface area contributed by atoms with Gasteiger partial charge in [-0.3, -0.25) is 4.79 Å². The predicted octanol–water partition coefficient (Wildman–Crippen LogP) is 2.37. The van der Waals surface area contributed by atoms with Crippen molar-refractivity contribution in [3.63, 3.8) is 0 Å². The number of halogens is 1. The smallest absolute Gasteiger partial charge is 0.333 e. The first-order chi connectivity index (χ1) is 14.0. The molecule has 0 aliphatic carbocycles. The van der Waals surface area contributed by atoms with Gasteiger partial charge in [0, 0.05) is 25.2 Å². The zero-order chi connectivity index (χ0) is 22.6. The Kier molecular flexibility index (Phi) is 7.82. The molecule has 0 aromatic heterocycles. The number of carbonyl (C=O) groups excluding carboxylic acids is 1. The Bertz CT molecular complexity index is 770. The second-order valence-electron chi connectivity index (χ2n) is 8.74. The maximum Gasteiger partial charge on any atom is 0.333 e. The van der Waals surface area contributed by atoms with Crippen molar-refractivity contribution in [3.8, 4) is 5.75 Å². The van der Waals surface area contributed by atoms with Gasteiger partial charge in [-0.15, -0.1) is 0 Å². The third-order valence-corrected chi connectivity index (χ3v) is 5.42. The van der Waals surface area contributed by atoms with E-state index in [9.17, 15) is 24.2 Å². The van der Waals surface area contributed by atoms with Crippen LogP contribution in [0.1, 0.15) is 46.6 Å². The van der Waals surface area contributed by atoms with Crippen molar-refractivity contribution in [2.24, 2.45) is 11.8 Å². The molecule has 1 aromatic rings. The van der Waals surface area contributed by atoms with Gasteiger partial charge in [-0.25, -0.2) is 9.18 Å². The molecule has 1 fully saturated rings. The van der Waals surface area contributed by atoms with Crippen LogP contribution in [-0.4, -0.2) is 58.8 Å². The summed E-state index contributed by atoms with van der Waals surface area (Å²) in [7, 11) is 0. The number of carboxylic acid groups (broad SMARTS) is 1. The number of nitrogens with one attached hydrogen (secondary N) is 1. The second-order valence-corrected chi connectivity index (χ2v) is 8.74. The number of hydrogen-bond donors (Lipinski definition) is 3. The molecule has 0 unspecified atom stereocenters. The van der Waals surface area contributed by atoms with E-state index in [-0.39, 0.29) is 24.2 Å². The van der Waals surface area contributed by atoms with Crippen LogP contribution in [0.3, 0.4) is 0 Å². The van der Waals surface area contributed by atoms with Crippen LogP contribution in [0.15, 0.2) is 18.2 Å². The number of hydrogen-bond acceptors (Lipinski definition) is 5. The lowest BCUT2D eigenvalue weighted by molar-refractivity contribution is -0.160. The Morgan fingerprint density at radius 1 is 1.30 bits per heavy atom. The van der Waals surface area contributed by atoms with Crippen molar-refractivity contribution in [2.45, 2.75) is 58.8 Å². The third-order valence-electron chi connectivity index (χ3n) is 5.42. The van der Waals surface area contributed by atoms with Crippen molar-refractivity contribution in [3.05, 3.63) is 29.6 Å². The number of carboxylic acids is 1. The summed E-state index contributed by atoms with van der Waals surface area (Å²) in [6, 6.07) is 4.60. The molecule has 0 spiro atoms. The van der Waals surface area contributed by atoms with E-state index in [2.05, 4.69) is 5.32 Å². The highest BCUT2D eigenvalue weighted by Gasteiger charge is 2.45. The summed E-state index contributed by atoms with van der Waals surface area (Å²) in [6.45, 7) is 10.3. The molecule has 30 heavy (non-hydrogen) atoms. The van der Waals surface area contributed by atoms with Gasteiger partial charge in [0.05, 0.1) is 17.6 Å². The zero-order valence-corrected chi connectivity index (χ0v) is 18.3. The molecule has 7 nitrogen and oxygen atoms in total. The molecule has 1 heterocycles. The van der Waals surface area contributed by atoms with E-state index in [0.29, 0.717) is 25.2 Å². The van der Waals surface area contributed by atoms with E-state index >= 15 is 0 Å². The van der Waals surface area contributed by atoms with Crippen molar-refractivity contribution < 1.29 is 28.9 Å². The minimum Gasteiger partial charge on any atom is -0.488 e. The highest BCUT2D eigenvalue weighted by atomic mass is 19.1. The molecule has 168 valence electrons. The predicted molar refractivity (Wildman–Crippen MR) is 111 cm³/mol. The first-order valence-electron chi connectivity index (χ1n) is 10.4. The zero-order valence-electron chi connectivity index (χ0n) is 18.3. The lowest BCUT2D eigenvalue weighted by Gasteiger charge is -2.47. The summed E-state index contributed by atoms with van der Waals surface area (Å²) in [6.07, 6.45) is -1.85. The first kappa shape index (κ1) is 24.1. The van der Waals surface area contributed by atoms with Crippen LogP contribution in [0.25, 0.3) is 0 Å². The fourth-order valence-electron chi connectivity index (χ4n) is 3.99. The van der Waals surface area contributed by atoms with E-state index in [1.807, 2.05) is 13.8 Å². The molecule has 1 amide bonds. The van der Waals surface area contributed by atoms with Crippen LogP contribution >= 0.6 is 0 Å². The molecule has 1 aliphatic heterocycles. The second kappa shape index (κ2) is 9.75. The van der Waals surface area contributed by atoms with Gasteiger partial charge in [-0.2, -0.15) is 0 Å². The molecule has 1 saturated heterocycles. The summed E-state index contributed by atoms with van der Waals surface area (Å²) in [4.78, 5) is 26.5. The molecule has 0 radical (unpaired) electrons. The van der Waals surface area contributed by atoms with Crippen molar-refractivity contribution in [1.29, 1.82) is 0 Å². The fraction of sp³-hybridized carbons (Fsp3) is 0.636. The molecule has 1 aromatic carbocycles. The van der Waals surface area contributed by atoms with Crippen LogP contribution in [0, 0.1) is 17.7 Å². The third kappa shape index (κ3) is 5.10. The van der Waals surface area contributed by atoms with E-state index in [0.717, 1.165) is 0 Å². The molecule has 8 heteroatoms. The number of ether oxygens (including phenoxy) is 1. The number of carbonyl (C=O) groups is 2. The largest absolute Gasteiger partial charge is 0.488 e. The van der Waals surface area contributed by atoms with Crippen LogP contribution < -0.4 is 10.1 Å². The van der Waals surface area contributed by atoms with E-state index in [4.69, 9.17) is 4.74 Å². The highest BCUT2D eigenvalue weighted by molar-refractivity contribution is 5.86. The first-order valence-corrected chi connectivity index (χ1v) is 10.4.